The number of aryl methyl sites for hydroxylation is 1. The Morgan fingerprint density at radius 3 is 2.89 bits per heavy atom. The molecule has 0 saturated carbocycles. The average molecular weight is 318 g/mol. The SMILES string of the molecule is Cc1ccc(OCC2Cc3ccccc32)c(CBr)n1. The average Bonchev–Trinajstić information content (AvgIpc) is 2.41. The summed E-state index contributed by atoms with van der Waals surface area (Å²) < 4.78 is 5.95. The van der Waals surface area contributed by atoms with Crippen LogP contribution in [0.3, 0.4) is 0 Å². The first-order valence-electron chi connectivity index (χ1n) is 6.51. The van der Waals surface area contributed by atoms with Crippen molar-refractivity contribution in [1.29, 1.82) is 0 Å². The van der Waals surface area contributed by atoms with Crippen LogP contribution in [0.15, 0.2) is 36.4 Å². The third-order valence-corrected chi connectivity index (χ3v) is 4.13. The largest absolute Gasteiger partial charge is 0.491 e. The number of rotatable bonds is 4. The molecule has 1 aliphatic rings. The lowest BCUT2D eigenvalue weighted by Gasteiger charge is -2.30. The van der Waals surface area contributed by atoms with Gasteiger partial charge in [0.15, 0.2) is 0 Å². The van der Waals surface area contributed by atoms with Crippen LogP contribution in [-0.2, 0) is 11.8 Å². The van der Waals surface area contributed by atoms with E-state index in [0.717, 1.165) is 35.5 Å². The first-order valence-corrected chi connectivity index (χ1v) is 7.63. The van der Waals surface area contributed by atoms with E-state index < -0.39 is 0 Å². The Labute approximate surface area is 122 Å². The number of benzene rings is 1. The lowest BCUT2D eigenvalue weighted by molar-refractivity contribution is 0.272. The van der Waals surface area contributed by atoms with E-state index in [4.69, 9.17) is 4.74 Å². The number of hydrogen-bond donors (Lipinski definition) is 0. The van der Waals surface area contributed by atoms with E-state index >= 15 is 0 Å². The zero-order valence-electron chi connectivity index (χ0n) is 10.9. The zero-order valence-corrected chi connectivity index (χ0v) is 12.5. The van der Waals surface area contributed by atoms with Gasteiger partial charge in [0.25, 0.3) is 0 Å². The number of fused-ring (bicyclic) bond motifs is 1. The molecule has 3 rings (SSSR count). The predicted molar refractivity (Wildman–Crippen MR) is 80.0 cm³/mol. The van der Waals surface area contributed by atoms with Crippen molar-refractivity contribution >= 4 is 15.9 Å². The standard InChI is InChI=1S/C16H16BrNO/c1-11-6-7-16(15(9-17)18-11)19-10-13-8-12-4-2-3-5-14(12)13/h2-7,13H,8-10H2,1H3. The molecule has 1 aromatic heterocycles. The van der Waals surface area contributed by atoms with E-state index in [0.29, 0.717) is 5.92 Å². The second-order valence-electron chi connectivity index (χ2n) is 4.94. The second-order valence-corrected chi connectivity index (χ2v) is 5.50. The van der Waals surface area contributed by atoms with E-state index in [1.54, 1.807) is 0 Å². The van der Waals surface area contributed by atoms with Gasteiger partial charge in [0.2, 0.25) is 0 Å². The van der Waals surface area contributed by atoms with E-state index in [1.165, 1.54) is 11.1 Å². The Kier molecular flexibility index (Phi) is 3.56. The van der Waals surface area contributed by atoms with E-state index in [9.17, 15) is 0 Å². The van der Waals surface area contributed by atoms with Gasteiger partial charge in [0.05, 0.1) is 12.3 Å². The molecule has 0 amide bonds. The fourth-order valence-corrected chi connectivity index (χ4v) is 2.93. The van der Waals surface area contributed by atoms with Gasteiger partial charge in [-0.15, -0.1) is 0 Å². The lowest BCUT2D eigenvalue weighted by Crippen LogP contribution is -2.23. The minimum Gasteiger partial charge on any atom is -0.491 e. The van der Waals surface area contributed by atoms with Crippen LogP contribution in [0.25, 0.3) is 0 Å². The number of pyridine rings is 1. The lowest BCUT2D eigenvalue weighted by atomic mass is 9.78. The van der Waals surface area contributed by atoms with Crippen LogP contribution in [0.5, 0.6) is 5.75 Å². The molecule has 19 heavy (non-hydrogen) atoms. The maximum Gasteiger partial charge on any atom is 0.141 e. The molecule has 98 valence electrons. The van der Waals surface area contributed by atoms with Gasteiger partial charge in [-0.1, -0.05) is 40.2 Å². The quantitative estimate of drug-likeness (QED) is 0.795. The van der Waals surface area contributed by atoms with E-state index in [-0.39, 0.29) is 0 Å². The van der Waals surface area contributed by atoms with E-state index in [2.05, 4.69) is 45.2 Å². The maximum absolute atomic E-state index is 5.95. The predicted octanol–water partition coefficient (Wildman–Crippen LogP) is 4.00. The van der Waals surface area contributed by atoms with Gasteiger partial charge in [-0.25, -0.2) is 0 Å². The molecule has 1 unspecified atom stereocenters. The van der Waals surface area contributed by atoms with Crippen LogP contribution < -0.4 is 4.74 Å². The Morgan fingerprint density at radius 1 is 1.26 bits per heavy atom. The van der Waals surface area contributed by atoms with Crippen molar-refractivity contribution in [3.05, 3.63) is 58.9 Å². The first-order chi connectivity index (χ1) is 9.28. The van der Waals surface area contributed by atoms with E-state index in [1.807, 2.05) is 19.1 Å². The van der Waals surface area contributed by atoms with Gasteiger partial charge in [-0.3, -0.25) is 4.98 Å². The molecular weight excluding hydrogens is 302 g/mol. The van der Waals surface area contributed by atoms with Crippen molar-refractivity contribution in [1.82, 2.24) is 4.98 Å². The van der Waals surface area contributed by atoms with Crippen molar-refractivity contribution in [3.8, 4) is 5.75 Å². The van der Waals surface area contributed by atoms with Crippen LogP contribution in [0.2, 0.25) is 0 Å². The number of ether oxygens (including phenoxy) is 1. The molecule has 0 fully saturated rings. The molecule has 1 heterocycles. The minimum atomic E-state index is 0.528. The summed E-state index contributed by atoms with van der Waals surface area (Å²) in [6, 6.07) is 12.6. The highest BCUT2D eigenvalue weighted by atomic mass is 79.9. The zero-order chi connectivity index (χ0) is 13.2. The minimum absolute atomic E-state index is 0.528. The van der Waals surface area contributed by atoms with Gasteiger partial charge in [-0.05, 0) is 36.6 Å². The van der Waals surface area contributed by atoms with Crippen molar-refractivity contribution in [2.45, 2.75) is 24.6 Å². The summed E-state index contributed by atoms with van der Waals surface area (Å²) >= 11 is 3.46. The Balaban J connectivity index is 1.68. The number of hydrogen-bond acceptors (Lipinski definition) is 2. The Bertz CT molecular complexity index is 597. The van der Waals surface area contributed by atoms with Gasteiger partial charge < -0.3 is 4.74 Å². The molecular formula is C16H16BrNO. The van der Waals surface area contributed by atoms with Crippen molar-refractivity contribution in [3.63, 3.8) is 0 Å². The molecule has 0 radical (unpaired) electrons. The summed E-state index contributed by atoms with van der Waals surface area (Å²) in [5.74, 6) is 1.42. The normalized spacial score (nSPS) is 16.6. The highest BCUT2D eigenvalue weighted by molar-refractivity contribution is 9.08. The molecule has 0 spiro atoms. The smallest absolute Gasteiger partial charge is 0.141 e. The maximum atomic E-state index is 5.95. The topological polar surface area (TPSA) is 22.1 Å². The van der Waals surface area contributed by atoms with Crippen molar-refractivity contribution in [2.24, 2.45) is 0 Å². The molecule has 1 aromatic carbocycles. The first kappa shape index (κ1) is 12.7. The highest BCUT2D eigenvalue weighted by Gasteiger charge is 2.26. The molecule has 0 N–H and O–H groups in total. The number of halogens is 1. The summed E-state index contributed by atoms with van der Waals surface area (Å²) in [6.45, 7) is 2.74. The molecule has 1 aliphatic carbocycles. The van der Waals surface area contributed by atoms with Crippen LogP contribution in [-0.4, -0.2) is 11.6 Å². The van der Waals surface area contributed by atoms with Gasteiger partial charge in [-0.2, -0.15) is 0 Å². The third-order valence-electron chi connectivity index (χ3n) is 3.60. The van der Waals surface area contributed by atoms with Gasteiger partial charge in [0, 0.05) is 16.9 Å². The van der Waals surface area contributed by atoms with Crippen LogP contribution in [0.4, 0.5) is 0 Å². The fraction of sp³-hybridized carbons (Fsp3) is 0.312. The molecule has 3 heteroatoms. The van der Waals surface area contributed by atoms with Crippen LogP contribution >= 0.6 is 15.9 Å². The van der Waals surface area contributed by atoms with Gasteiger partial charge in [0.1, 0.15) is 5.75 Å². The molecule has 2 nitrogen and oxygen atoms in total. The monoisotopic (exact) mass is 317 g/mol. The fourth-order valence-electron chi connectivity index (χ4n) is 2.53. The molecule has 0 aliphatic heterocycles. The summed E-state index contributed by atoms with van der Waals surface area (Å²) in [5.41, 5.74) is 4.89. The molecule has 2 aromatic rings. The van der Waals surface area contributed by atoms with Crippen molar-refractivity contribution < 1.29 is 4.74 Å². The Morgan fingerprint density at radius 2 is 2.11 bits per heavy atom. The number of alkyl halides is 1. The van der Waals surface area contributed by atoms with Crippen LogP contribution in [0.1, 0.15) is 28.4 Å². The number of aromatic nitrogens is 1. The molecule has 0 bridgehead atoms. The second kappa shape index (κ2) is 5.33. The Hall–Kier alpha value is -1.35. The third kappa shape index (κ3) is 2.52. The molecule has 0 saturated heterocycles. The summed E-state index contributed by atoms with van der Waals surface area (Å²) in [7, 11) is 0. The van der Waals surface area contributed by atoms with Crippen LogP contribution in [0, 0.1) is 6.92 Å². The summed E-state index contributed by atoms with van der Waals surface area (Å²) in [4.78, 5) is 4.49. The number of nitrogens with zero attached hydrogens (tertiary/aromatic N) is 1. The highest BCUT2D eigenvalue weighted by Crippen LogP contribution is 2.35. The summed E-state index contributed by atoms with van der Waals surface area (Å²) in [5, 5.41) is 0.727. The van der Waals surface area contributed by atoms with Gasteiger partial charge >= 0.3 is 0 Å². The molecule has 1 atom stereocenters. The summed E-state index contributed by atoms with van der Waals surface area (Å²) in [6.07, 6.45) is 1.12. The van der Waals surface area contributed by atoms with Crippen molar-refractivity contribution in [2.75, 3.05) is 6.61 Å².